The molecule has 0 atom stereocenters. The van der Waals surface area contributed by atoms with Gasteiger partial charge >= 0.3 is 0 Å². The number of carbonyl (C=O) groups is 2. The molecule has 2 aromatic carbocycles. The van der Waals surface area contributed by atoms with Crippen LogP contribution in [0.5, 0.6) is 11.5 Å². The summed E-state index contributed by atoms with van der Waals surface area (Å²) in [4.78, 5) is 29.1. The molecule has 0 bridgehead atoms. The SMILES string of the molecule is CCN(CC)CCNC(=O)c1cc(S(C)(=O)=O)ccc1OC.CCN(CC)CCNC(=O)c1cc(S(C)(=O)=O)ccc1OC. The molecule has 12 nitrogen and oxygen atoms in total. The van der Waals surface area contributed by atoms with Crippen molar-refractivity contribution in [3.05, 3.63) is 47.5 Å². The average molecular weight is 657 g/mol. The van der Waals surface area contributed by atoms with Gasteiger partial charge in [0.05, 0.1) is 35.1 Å². The molecule has 0 saturated carbocycles. The molecule has 2 aromatic rings. The molecule has 0 aliphatic rings. The fourth-order valence-electron chi connectivity index (χ4n) is 4.12. The minimum atomic E-state index is -3.37. The van der Waals surface area contributed by atoms with Crippen LogP contribution in [0.25, 0.3) is 0 Å². The predicted octanol–water partition coefficient (Wildman–Crippen LogP) is 2.34. The van der Waals surface area contributed by atoms with E-state index in [1.54, 1.807) is 0 Å². The second kappa shape index (κ2) is 18.6. The Hall–Kier alpha value is -3.20. The Labute approximate surface area is 262 Å². The first kappa shape index (κ1) is 38.8. The van der Waals surface area contributed by atoms with E-state index >= 15 is 0 Å². The quantitative estimate of drug-likeness (QED) is 0.276. The van der Waals surface area contributed by atoms with Gasteiger partial charge in [-0.15, -0.1) is 0 Å². The van der Waals surface area contributed by atoms with Crippen LogP contribution in [0.3, 0.4) is 0 Å². The number of rotatable bonds is 16. The fourth-order valence-corrected chi connectivity index (χ4v) is 5.41. The highest BCUT2D eigenvalue weighted by Gasteiger charge is 2.18. The van der Waals surface area contributed by atoms with E-state index in [1.807, 2.05) is 0 Å². The van der Waals surface area contributed by atoms with Crippen molar-refractivity contribution >= 4 is 31.5 Å². The van der Waals surface area contributed by atoms with Gasteiger partial charge in [0, 0.05) is 38.7 Å². The molecule has 0 aromatic heterocycles. The number of amides is 2. The van der Waals surface area contributed by atoms with E-state index < -0.39 is 19.7 Å². The first-order chi connectivity index (χ1) is 20.7. The van der Waals surface area contributed by atoms with Gasteiger partial charge < -0.3 is 29.9 Å². The normalized spacial score (nSPS) is 11.5. The number of likely N-dealkylation sites (N-methyl/N-ethyl adjacent to an activating group) is 2. The minimum Gasteiger partial charge on any atom is -0.496 e. The lowest BCUT2D eigenvalue weighted by atomic mass is 10.2. The van der Waals surface area contributed by atoms with Crippen molar-refractivity contribution in [1.82, 2.24) is 20.4 Å². The zero-order chi connectivity index (χ0) is 33.5. The molecule has 0 saturated heterocycles. The van der Waals surface area contributed by atoms with Crippen molar-refractivity contribution in [2.24, 2.45) is 0 Å². The second-order valence-electron chi connectivity index (χ2n) is 9.83. The van der Waals surface area contributed by atoms with Crippen LogP contribution in [0, 0.1) is 0 Å². The summed E-state index contributed by atoms with van der Waals surface area (Å²) in [6, 6.07) is 8.55. The molecule has 0 radical (unpaired) electrons. The molecule has 14 heteroatoms. The minimum absolute atomic E-state index is 0.0993. The molecule has 248 valence electrons. The third kappa shape index (κ3) is 12.4. The van der Waals surface area contributed by atoms with Crippen LogP contribution in [-0.2, 0) is 19.7 Å². The molecule has 0 aliphatic carbocycles. The number of benzene rings is 2. The molecular formula is C30H48N4O8S2. The maximum atomic E-state index is 12.3. The summed E-state index contributed by atoms with van der Waals surface area (Å²) in [6.07, 6.45) is 2.22. The van der Waals surface area contributed by atoms with Crippen molar-refractivity contribution in [2.45, 2.75) is 37.5 Å². The van der Waals surface area contributed by atoms with Crippen LogP contribution in [0.2, 0.25) is 0 Å². The third-order valence-corrected chi connectivity index (χ3v) is 9.12. The number of nitrogens with one attached hydrogen (secondary N) is 2. The van der Waals surface area contributed by atoms with E-state index in [2.05, 4.69) is 48.1 Å². The van der Waals surface area contributed by atoms with Gasteiger partial charge in [0.25, 0.3) is 11.8 Å². The Kier molecular flexibility index (Phi) is 16.4. The number of nitrogens with zero attached hydrogens (tertiary/aromatic N) is 2. The largest absolute Gasteiger partial charge is 0.496 e. The van der Waals surface area contributed by atoms with E-state index in [-0.39, 0.29) is 32.7 Å². The summed E-state index contributed by atoms with van der Waals surface area (Å²) >= 11 is 0. The third-order valence-electron chi connectivity index (χ3n) is 6.90. The Morgan fingerprint density at radius 1 is 0.636 bits per heavy atom. The molecule has 2 rings (SSSR count). The zero-order valence-electron chi connectivity index (χ0n) is 27.1. The lowest BCUT2D eigenvalue weighted by molar-refractivity contribution is 0.0937. The summed E-state index contributed by atoms with van der Waals surface area (Å²) in [7, 11) is -3.85. The number of hydrogen-bond donors (Lipinski definition) is 2. The fraction of sp³-hybridized carbons (Fsp3) is 0.533. The van der Waals surface area contributed by atoms with E-state index in [1.165, 1.54) is 50.6 Å². The number of carbonyl (C=O) groups excluding carboxylic acids is 2. The van der Waals surface area contributed by atoms with E-state index in [4.69, 9.17) is 9.47 Å². The standard InChI is InChI=1S/2C15H24N2O4S/c2*1-5-17(6-2)10-9-16-15(18)13-11-12(22(4,19)20)7-8-14(13)21-3/h2*7-8,11H,5-6,9-10H2,1-4H3,(H,16,18). The first-order valence-corrected chi connectivity index (χ1v) is 18.2. The number of hydrogen-bond acceptors (Lipinski definition) is 10. The second-order valence-corrected chi connectivity index (χ2v) is 13.9. The average Bonchev–Trinajstić information content (AvgIpc) is 3.00. The van der Waals surface area contributed by atoms with Crippen LogP contribution >= 0.6 is 0 Å². The highest BCUT2D eigenvalue weighted by molar-refractivity contribution is 7.91. The monoisotopic (exact) mass is 656 g/mol. The highest BCUT2D eigenvalue weighted by atomic mass is 32.2. The molecule has 0 spiro atoms. The van der Waals surface area contributed by atoms with Gasteiger partial charge in [0.2, 0.25) is 0 Å². The van der Waals surface area contributed by atoms with Gasteiger partial charge in [0.15, 0.2) is 19.7 Å². The Bertz CT molecular complexity index is 1330. The lowest BCUT2D eigenvalue weighted by Gasteiger charge is -2.18. The van der Waals surface area contributed by atoms with E-state index in [0.29, 0.717) is 24.6 Å². The van der Waals surface area contributed by atoms with Gasteiger partial charge in [-0.25, -0.2) is 16.8 Å². The Morgan fingerprint density at radius 3 is 1.20 bits per heavy atom. The van der Waals surface area contributed by atoms with Gasteiger partial charge in [0.1, 0.15) is 11.5 Å². The van der Waals surface area contributed by atoms with E-state index in [9.17, 15) is 26.4 Å². The van der Waals surface area contributed by atoms with Crippen molar-refractivity contribution in [3.63, 3.8) is 0 Å². The zero-order valence-corrected chi connectivity index (χ0v) is 28.7. The summed E-state index contributed by atoms with van der Waals surface area (Å²) in [5.74, 6) is 0.0319. The number of sulfone groups is 2. The van der Waals surface area contributed by atoms with Crippen LogP contribution in [0.4, 0.5) is 0 Å². The molecule has 2 amide bonds. The summed E-state index contributed by atoms with van der Waals surface area (Å²) in [5.41, 5.74) is 0.454. The summed E-state index contributed by atoms with van der Waals surface area (Å²) in [5, 5.41) is 5.59. The van der Waals surface area contributed by atoms with Crippen LogP contribution in [0.15, 0.2) is 46.2 Å². The smallest absolute Gasteiger partial charge is 0.255 e. The van der Waals surface area contributed by atoms with Gasteiger partial charge in [-0.2, -0.15) is 0 Å². The van der Waals surface area contributed by atoms with Gasteiger partial charge in [-0.05, 0) is 62.6 Å². The van der Waals surface area contributed by atoms with Crippen LogP contribution in [-0.4, -0.2) is 118 Å². The molecular weight excluding hydrogens is 608 g/mol. The predicted molar refractivity (Wildman–Crippen MR) is 172 cm³/mol. The van der Waals surface area contributed by atoms with Crippen molar-refractivity contribution in [2.75, 3.05) is 79.1 Å². The molecule has 2 N–H and O–H groups in total. The molecule has 0 aliphatic heterocycles. The maximum Gasteiger partial charge on any atom is 0.255 e. The number of methoxy groups -OCH3 is 2. The van der Waals surface area contributed by atoms with Crippen LogP contribution < -0.4 is 20.1 Å². The maximum absolute atomic E-state index is 12.3. The molecule has 44 heavy (non-hydrogen) atoms. The van der Waals surface area contributed by atoms with Crippen molar-refractivity contribution < 1.29 is 35.9 Å². The lowest BCUT2D eigenvalue weighted by Crippen LogP contribution is -2.35. The number of ether oxygens (including phenoxy) is 2. The molecule has 0 heterocycles. The van der Waals surface area contributed by atoms with Crippen molar-refractivity contribution in [3.8, 4) is 11.5 Å². The molecule has 0 fully saturated rings. The van der Waals surface area contributed by atoms with Gasteiger partial charge in [-0.3, -0.25) is 9.59 Å². The summed E-state index contributed by atoms with van der Waals surface area (Å²) < 4.78 is 56.7. The highest BCUT2D eigenvalue weighted by Crippen LogP contribution is 2.23. The van der Waals surface area contributed by atoms with Crippen molar-refractivity contribution in [1.29, 1.82) is 0 Å². The topological polar surface area (TPSA) is 151 Å². The van der Waals surface area contributed by atoms with E-state index in [0.717, 1.165) is 51.8 Å². The first-order valence-electron chi connectivity index (χ1n) is 14.4. The van der Waals surface area contributed by atoms with Crippen LogP contribution in [0.1, 0.15) is 48.4 Å². The van der Waals surface area contributed by atoms with Gasteiger partial charge in [-0.1, -0.05) is 27.7 Å². The molecule has 0 unspecified atom stereocenters. The Morgan fingerprint density at radius 2 is 0.955 bits per heavy atom. The summed E-state index contributed by atoms with van der Waals surface area (Å²) in [6.45, 7) is 14.4. The Balaban J connectivity index is 0.000000440.